The monoisotopic (exact) mass is 506 g/mol. The molecular weight excluding hydrogens is 487 g/mol. The Labute approximate surface area is 196 Å². The molecule has 0 radical (unpaired) electrons. The Bertz CT molecular complexity index is 1160. The first kappa shape index (κ1) is 21.6. The van der Waals surface area contributed by atoms with Gasteiger partial charge in [0.25, 0.3) is 0 Å². The van der Waals surface area contributed by atoms with Crippen molar-refractivity contribution in [2.24, 2.45) is 0 Å². The van der Waals surface area contributed by atoms with Crippen molar-refractivity contribution in [2.75, 3.05) is 5.73 Å². The number of rotatable bonds is 5. The van der Waals surface area contributed by atoms with E-state index in [0.717, 1.165) is 5.56 Å². The van der Waals surface area contributed by atoms with E-state index in [0.29, 0.717) is 22.6 Å². The SMILES string of the molecule is [C-]#[N+]c1ccc(N)c(CP(Br)(c2ccccc2)(c2ccccc2)c2ccccc2)c1Cl. The second kappa shape index (κ2) is 8.48. The third-order valence-electron chi connectivity index (χ3n) is 5.72. The Hall–Kier alpha value is -2.63. The molecule has 4 aromatic rings. The molecule has 0 aromatic heterocycles. The van der Waals surface area contributed by atoms with E-state index in [2.05, 4.69) is 93.1 Å². The van der Waals surface area contributed by atoms with Crippen LogP contribution < -0.4 is 21.6 Å². The summed E-state index contributed by atoms with van der Waals surface area (Å²) in [7, 11) is 0. The van der Waals surface area contributed by atoms with Crippen LogP contribution in [0.3, 0.4) is 0 Å². The minimum atomic E-state index is -3.24. The zero-order valence-corrected chi connectivity index (χ0v) is 20.0. The van der Waals surface area contributed by atoms with E-state index >= 15 is 0 Å². The van der Waals surface area contributed by atoms with Crippen molar-refractivity contribution >= 4 is 59.7 Å². The molecule has 0 amide bonds. The van der Waals surface area contributed by atoms with E-state index in [4.69, 9.17) is 23.9 Å². The van der Waals surface area contributed by atoms with E-state index < -0.39 is 5.31 Å². The topological polar surface area (TPSA) is 30.4 Å². The number of hydrogen-bond acceptors (Lipinski definition) is 1. The fourth-order valence-electron chi connectivity index (χ4n) is 4.11. The summed E-state index contributed by atoms with van der Waals surface area (Å²) in [5.74, 6) is 0. The van der Waals surface area contributed by atoms with Gasteiger partial charge < -0.3 is 0 Å². The summed E-state index contributed by atoms with van der Waals surface area (Å²) in [5.41, 5.74) is 8.26. The molecule has 154 valence electrons. The van der Waals surface area contributed by atoms with Crippen LogP contribution in [0.5, 0.6) is 0 Å². The normalized spacial score (nSPS) is 12.5. The second-order valence-electron chi connectivity index (χ2n) is 7.43. The zero-order valence-electron chi connectivity index (χ0n) is 16.7. The number of halogens is 2. The van der Waals surface area contributed by atoms with Gasteiger partial charge in [-0.05, 0) is 0 Å². The Balaban J connectivity index is 2.14. The number of anilines is 1. The van der Waals surface area contributed by atoms with Gasteiger partial charge in [-0.25, -0.2) is 0 Å². The molecule has 0 heterocycles. The molecule has 0 aliphatic heterocycles. The Morgan fingerprint density at radius 3 is 1.55 bits per heavy atom. The van der Waals surface area contributed by atoms with Crippen LogP contribution in [0.15, 0.2) is 103 Å². The molecular formula is C26H21BrClN2P. The van der Waals surface area contributed by atoms with Crippen molar-refractivity contribution in [3.05, 3.63) is 125 Å². The van der Waals surface area contributed by atoms with Gasteiger partial charge in [0, 0.05) is 0 Å². The van der Waals surface area contributed by atoms with E-state index in [-0.39, 0.29) is 0 Å². The molecule has 0 bridgehead atoms. The van der Waals surface area contributed by atoms with Crippen LogP contribution in [0.2, 0.25) is 5.02 Å². The maximum absolute atomic E-state index is 7.52. The van der Waals surface area contributed by atoms with Crippen LogP contribution in [0, 0.1) is 6.57 Å². The van der Waals surface area contributed by atoms with Gasteiger partial charge in [0.1, 0.15) is 0 Å². The van der Waals surface area contributed by atoms with Gasteiger partial charge in [-0.3, -0.25) is 0 Å². The van der Waals surface area contributed by atoms with E-state index in [1.54, 1.807) is 12.1 Å². The molecule has 31 heavy (non-hydrogen) atoms. The molecule has 0 fully saturated rings. The molecule has 4 aromatic carbocycles. The molecule has 0 spiro atoms. The van der Waals surface area contributed by atoms with Gasteiger partial charge in [-0.2, -0.15) is 0 Å². The zero-order chi connectivity index (χ0) is 21.9. The molecule has 0 aliphatic rings. The Morgan fingerprint density at radius 1 is 0.742 bits per heavy atom. The van der Waals surface area contributed by atoms with Crippen LogP contribution in [0.1, 0.15) is 5.56 Å². The van der Waals surface area contributed by atoms with Crippen LogP contribution in [-0.4, -0.2) is 0 Å². The van der Waals surface area contributed by atoms with Gasteiger partial charge >= 0.3 is 197 Å². The molecule has 0 saturated carbocycles. The minimum absolute atomic E-state index is 0.414. The average Bonchev–Trinajstić information content (AvgIpc) is 2.83. The van der Waals surface area contributed by atoms with Gasteiger partial charge in [-0.15, -0.1) is 0 Å². The van der Waals surface area contributed by atoms with E-state index in [9.17, 15) is 0 Å². The maximum atomic E-state index is 7.52. The van der Waals surface area contributed by atoms with Crippen molar-refractivity contribution in [1.82, 2.24) is 0 Å². The fraction of sp³-hybridized carbons (Fsp3) is 0.0385. The summed E-state index contributed by atoms with van der Waals surface area (Å²) in [6.07, 6.45) is 0.553. The molecule has 5 heteroatoms. The molecule has 0 aliphatic carbocycles. The Morgan fingerprint density at radius 2 is 1.16 bits per heavy atom. The summed E-state index contributed by atoms with van der Waals surface area (Å²) in [4.78, 5) is 3.60. The van der Waals surface area contributed by atoms with Crippen LogP contribution >= 0.6 is 32.4 Å². The van der Waals surface area contributed by atoms with Crippen LogP contribution in [0.4, 0.5) is 11.4 Å². The van der Waals surface area contributed by atoms with Gasteiger partial charge in [0.2, 0.25) is 0 Å². The third kappa shape index (κ3) is 3.56. The van der Waals surface area contributed by atoms with Gasteiger partial charge in [-0.1, -0.05) is 0 Å². The van der Waals surface area contributed by atoms with Crippen LogP contribution in [0.25, 0.3) is 4.85 Å². The predicted molar refractivity (Wildman–Crippen MR) is 140 cm³/mol. The number of nitrogen functional groups attached to an aromatic ring is 1. The first-order chi connectivity index (χ1) is 15.0. The summed E-state index contributed by atoms with van der Waals surface area (Å²) < 4.78 is 0. The van der Waals surface area contributed by atoms with Crippen molar-refractivity contribution in [3.8, 4) is 0 Å². The van der Waals surface area contributed by atoms with Gasteiger partial charge in [0.05, 0.1) is 0 Å². The molecule has 0 saturated heterocycles. The summed E-state index contributed by atoms with van der Waals surface area (Å²) in [6.45, 7) is 7.52. The second-order valence-corrected chi connectivity index (χ2v) is 16.7. The van der Waals surface area contributed by atoms with E-state index in [1.165, 1.54) is 15.9 Å². The fourth-order valence-corrected chi connectivity index (χ4v) is 12.1. The van der Waals surface area contributed by atoms with E-state index in [1.807, 2.05) is 18.2 Å². The van der Waals surface area contributed by atoms with Gasteiger partial charge in [0.15, 0.2) is 0 Å². The average molecular weight is 508 g/mol. The predicted octanol–water partition coefficient (Wildman–Crippen LogP) is 6.81. The molecule has 0 atom stereocenters. The number of nitrogens with two attached hydrogens (primary N) is 1. The van der Waals surface area contributed by atoms with Crippen molar-refractivity contribution < 1.29 is 0 Å². The summed E-state index contributed by atoms with van der Waals surface area (Å²) in [5, 5.41) is 0.711. The first-order valence-corrected chi connectivity index (χ1v) is 14.6. The third-order valence-corrected chi connectivity index (χ3v) is 15.6. The molecule has 4 rings (SSSR count). The molecule has 2 N–H and O–H groups in total. The first-order valence-electron chi connectivity index (χ1n) is 9.83. The van der Waals surface area contributed by atoms with Crippen molar-refractivity contribution in [1.29, 1.82) is 0 Å². The molecule has 2 nitrogen and oxygen atoms in total. The summed E-state index contributed by atoms with van der Waals surface area (Å²) in [6, 6.07) is 34.9. The number of hydrogen-bond donors (Lipinski definition) is 1. The van der Waals surface area contributed by atoms with Crippen molar-refractivity contribution in [2.45, 2.75) is 6.16 Å². The number of nitrogens with zero attached hydrogens (tertiary/aromatic N) is 1. The quantitative estimate of drug-likeness (QED) is 0.179. The van der Waals surface area contributed by atoms with Crippen molar-refractivity contribution in [3.63, 3.8) is 0 Å². The van der Waals surface area contributed by atoms with Crippen LogP contribution in [-0.2, 0) is 6.16 Å². The summed E-state index contributed by atoms with van der Waals surface area (Å²) >= 11 is 11.2. The Kier molecular flexibility index (Phi) is 5.91. The number of benzene rings is 4. The standard InChI is InChI=1S/C26H21BrClN2P/c1-30-25-18-17-24(29)23(26(25)28)19-31(27,20-11-5-2-6-12-20,21-13-7-3-8-14-21)22-15-9-4-10-16-22/h2-18H,19,29H2. The molecule has 0 unspecified atom stereocenters.